The molecule has 1 heterocycles. The second-order valence-electron chi connectivity index (χ2n) is 3.21. The van der Waals surface area contributed by atoms with Crippen LogP contribution in [-0.4, -0.2) is 9.78 Å². The van der Waals surface area contributed by atoms with Crippen LogP contribution in [-0.2, 0) is 6.54 Å². The van der Waals surface area contributed by atoms with Crippen LogP contribution in [0.5, 0.6) is 0 Å². The molecule has 0 saturated heterocycles. The molecule has 2 nitrogen and oxygen atoms in total. The Kier molecular flexibility index (Phi) is 3.86. The summed E-state index contributed by atoms with van der Waals surface area (Å²) in [5.74, 6) is -0.267. The summed E-state index contributed by atoms with van der Waals surface area (Å²) < 4.78 is 16.0. The predicted molar refractivity (Wildman–Crippen MR) is 73.2 cm³/mol. The van der Waals surface area contributed by atoms with Crippen molar-refractivity contribution in [3.8, 4) is 0 Å². The summed E-state index contributed by atoms with van der Waals surface area (Å²) in [6, 6.07) is 4.88. The zero-order valence-corrected chi connectivity index (χ0v) is 12.4. The third kappa shape index (κ3) is 2.75. The number of halogens is 4. The monoisotopic (exact) mass is 414 g/mol. The number of hydrogen-bond acceptors (Lipinski definition) is 1. The lowest BCUT2D eigenvalue weighted by atomic mass is 10.2. The van der Waals surface area contributed by atoms with Crippen LogP contribution in [0.4, 0.5) is 4.39 Å². The third-order valence-corrected chi connectivity index (χ3v) is 4.00. The van der Waals surface area contributed by atoms with Crippen molar-refractivity contribution in [1.29, 1.82) is 0 Å². The van der Waals surface area contributed by atoms with Crippen molar-refractivity contribution in [3.63, 3.8) is 0 Å². The molecule has 0 aliphatic rings. The molecule has 16 heavy (non-hydrogen) atoms. The minimum absolute atomic E-state index is 0.267. The molecular formula is C10H6BrClFIN2. The van der Waals surface area contributed by atoms with Crippen molar-refractivity contribution in [2.24, 2.45) is 0 Å². The van der Waals surface area contributed by atoms with Crippen molar-refractivity contribution in [2.45, 2.75) is 6.54 Å². The molecule has 0 amide bonds. The molecule has 0 saturated carbocycles. The van der Waals surface area contributed by atoms with Gasteiger partial charge in [-0.3, -0.25) is 4.68 Å². The summed E-state index contributed by atoms with van der Waals surface area (Å²) in [6.07, 6.45) is 1.75. The summed E-state index contributed by atoms with van der Waals surface area (Å²) in [5.41, 5.74) is 0.962. The Bertz CT molecular complexity index is 510. The van der Waals surface area contributed by atoms with Gasteiger partial charge in [-0.2, -0.15) is 5.10 Å². The van der Waals surface area contributed by atoms with E-state index in [9.17, 15) is 4.39 Å². The van der Waals surface area contributed by atoms with Crippen LogP contribution in [0.3, 0.4) is 0 Å². The van der Waals surface area contributed by atoms with E-state index in [0.717, 1.165) is 9.26 Å². The van der Waals surface area contributed by atoms with E-state index in [0.29, 0.717) is 16.0 Å². The van der Waals surface area contributed by atoms with E-state index in [-0.39, 0.29) is 5.82 Å². The summed E-state index contributed by atoms with van der Waals surface area (Å²) in [4.78, 5) is 0. The van der Waals surface area contributed by atoms with Crippen LogP contribution in [0, 0.1) is 9.52 Å². The first kappa shape index (κ1) is 12.3. The second-order valence-corrected chi connectivity index (χ2v) is 5.50. The summed E-state index contributed by atoms with van der Waals surface area (Å²) >= 11 is 11.1. The van der Waals surface area contributed by atoms with Gasteiger partial charge in [0.1, 0.15) is 9.52 Å². The lowest BCUT2D eigenvalue weighted by Gasteiger charge is -2.02. The highest BCUT2D eigenvalue weighted by Crippen LogP contribution is 2.19. The predicted octanol–water partition coefficient (Wildman–Crippen LogP) is 4.09. The molecule has 0 unspecified atom stereocenters. The molecule has 0 N–H and O–H groups in total. The van der Waals surface area contributed by atoms with Crippen molar-refractivity contribution < 1.29 is 4.39 Å². The molecule has 0 radical (unpaired) electrons. The van der Waals surface area contributed by atoms with Crippen LogP contribution in [0.2, 0.25) is 5.02 Å². The first-order chi connectivity index (χ1) is 7.56. The maximum absolute atomic E-state index is 13.0. The van der Waals surface area contributed by atoms with Gasteiger partial charge in [-0.25, -0.2) is 4.39 Å². The molecule has 0 bridgehead atoms. The Hall–Kier alpha value is -0.140. The van der Waals surface area contributed by atoms with E-state index < -0.39 is 0 Å². The van der Waals surface area contributed by atoms with Gasteiger partial charge in [0.15, 0.2) is 0 Å². The van der Waals surface area contributed by atoms with Gasteiger partial charge in [-0.15, -0.1) is 0 Å². The summed E-state index contributed by atoms with van der Waals surface area (Å²) in [7, 11) is 0. The number of nitrogens with zero attached hydrogens (tertiary/aromatic N) is 2. The van der Waals surface area contributed by atoms with Crippen LogP contribution in [0.25, 0.3) is 0 Å². The van der Waals surface area contributed by atoms with E-state index in [1.807, 2.05) is 0 Å². The minimum atomic E-state index is -0.267. The fraction of sp³-hybridized carbons (Fsp3) is 0.100. The molecule has 0 spiro atoms. The zero-order valence-electron chi connectivity index (χ0n) is 7.92. The van der Waals surface area contributed by atoms with Crippen molar-refractivity contribution in [3.05, 3.63) is 49.0 Å². The number of hydrogen-bond donors (Lipinski definition) is 0. The molecule has 1 aromatic carbocycles. The normalized spacial score (nSPS) is 10.8. The van der Waals surface area contributed by atoms with Crippen LogP contribution < -0.4 is 0 Å². The van der Waals surface area contributed by atoms with Gasteiger partial charge in [0, 0.05) is 6.20 Å². The largest absolute Gasteiger partial charge is 0.266 e. The topological polar surface area (TPSA) is 17.8 Å². The fourth-order valence-corrected chi connectivity index (χ4v) is 2.27. The molecule has 0 aliphatic heterocycles. The summed E-state index contributed by atoms with van der Waals surface area (Å²) in [6.45, 7) is 0.571. The molecule has 6 heteroatoms. The molecule has 2 aromatic rings. The number of aromatic nitrogens is 2. The van der Waals surface area contributed by atoms with Gasteiger partial charge < -0.3 is 0 Å². The van der Waals surface area contributed by atoms with Gasteiger partial charge >= 0.3 is 0 Å². The molecule has 2 rings (SSSR count). The van der Waals surface area contributed by atoms with Gasteiger partial charge in [-0.05, 0) is 56.2 Å². The summed E-state index contributed by atoms with van der Waals surface area (Å²) in [5, 5.41) is 4.85. The van der Waals surface area contributed by atoms with Crippen LogP contribution >= 0.6 is 50.1 Å². The Balaban J connectivity index is 2.23. The van der Waals surface area contributed by atoms with Crippen LogP contribution in [0.15, 0.2) is 28.9 Å². The SMILES string of the molecule is Fc1ccc(Cn2cc(Cl)c(I)n2)cc1Br. The van der Waals surface area contributed by atoms with E-state index in [2.05, 4.69) is 43.6 Å². The van der Waals surface area contributed by atoms with Gasteiger partial charge in [-0.1, -0.05) is 17.7 Å². The Morgan fingerprint density at radius 3 is 2.81 bits per heavy atom. The maximum Gasteiger partial charge on any atom is 0.141 e. The van der Waals surface area contributed by atoms with Crippen molar-refractivity contribution in [1.82, 2.24) is 9.78 Å². The second kappa shape index (κ2) is 5.01. The molecule has 0 atom stereocenters. The number of rotatable bonds is 2. The highest BCUT2D eigenvalue weighted by Gasteiger charge is 2.05. The maximum atomic E-state index is 13.0. The highest BCUT2D eigenvalue weighted by atomic mass is 127. The van der Waals surface area contributed by atoms with E-state index in [1.54, 1.807) is 23.0 Å². The first-order valence-electron chi connectivity index (χ1n) is 4.38. The van der Waals surface area contributed by atoms with E-state index in [4.69, 9.17) is 11.6 Å². The lowest BCUT2D eigenvalue weighted by molar-refractivity contribution is 0.617. The van der Waals surface area contributed by atoms with E-state index >= 15 is 0 Å². The molecule has 0 fully saturated rings. The van der Waals surface area contributed by atoms with Gasteiger partial charge in [0.25, 0.3) is 0 Å². The molecular weight excluding hydrogens is 409 g/mol. The quantitative estimate of drug-likeness (QED) is 0.676. The van der Waals surface area contributed by atoms with Crippen LogP contribution in [0.1, 0.15) is 5.56 Å². The zero-order chi connectivity index (χ0) is 11.7. The lowest BCUT2D eigenvalue weighted by Crippen LogP contribution is -2.00. The Labute approximate surface area is 119 Å². The van der Waals surface area contributed by atoms with Crippen molar-refractivity contribution in [2.75, 3.05) is 0 Å². The van der Waals surface area contributed by atoms with Crippen molar-refractivity contribution >= 4 is 50.1 Å². The third-order valence-electron chi connectivity index (χ3n) is 2.00. The Morgan fingerprint density at radius 1 is 1.50 bits per heavy atom. The standard InChI is InChI=1S/C10H6BrClFIN2/c11-7-3-6(1-2-9(7)13)4-16-5-8(12)10(14)15-16/h1-3,5H,4H2. The van der Waals surface area contributed by atoms with E-state index in [1.165, 1.54) is 6.07 Å². The molecule has 1 aromatic heterocycles. The number of benzene rings is 1. The first-order valence-corrected chi connectivity index (χ1v) is 6.63. The van der Waals surface area contributed by atoms with Gasteiger partial charge in [0.05, 0.1) is 16.0 Å². The molecule has 84 valence electrons. The Morgan fingerprint density at radius 2 is 2.25 bits per heavy atom. The highest BCUT2D eigenvalue weighted by molar-refractivity contribution is 14.1. The minimum Gasteiger partial charge on any atom is -0.266 e. The fourth-order valence-electron chi connectivity index (χ4n) is 1.28. The smallest absolute Gasteiger partial charge is 0.141 e. The average Bonchev–Trinajstić information content (AvgIpc) is 2.52. The van der Waals surface area contributed by atoms with Gasteiger partial charge in [0.2, 0.25) is 0 Å². The molecule has 0 aliphatic carbocycles. The average molecular weight is 415 g/mol.